The molecule has 1 fully saturated rings. The molecule has 0 radical (unpaired) electrons. The van der Waals surface area contributed by atoms with Gasteiger partial charge in [-0.05, 0) is 56.0 Å². The number of hydrogen-bond donors (Lipinski definition) is 1. The molecule has 0 bridgehead atoms. The number of rotatable bonds is 2. The lowest BCUT2D eigenvalue weighted by Gasteiger charge is -2.23. The van der Waals surface area contributed by atoms with Crippen LogP contribution in [0.25, 0.3) is 0 Å². The SMILES string of the molecule is CC1CNCCC(c2cccc3c2O[C@@](C)(c2ccc(Cl)cn2)O3)C1. The molecule has 5 heteroatoms. The van der Waals surface area contributed by atoms with E-state index in [1.807, 2.05) is 25.1 Å². The third-order valence-corrected chi connectivity index (χ3v) is 5.32. The first-order chi connectivity index (χ1) is 12.0. The van der Waals surface area contributed by atoms with Crippen LogP contribution in [0.4, 0.5) is 0 Å². The number of halogens is 1. The maximum absolute atomic E-state index is 6.33. The highest BCUT2D eigenvalue weighted by Gasteiger charge is 2.42. The van der Waals surface area contributed by atoms with Crippen molar-refractivity contribution < 1.29 is 9.47 Å². The van der Waals surface area contributed by atoms with Crippen molar-refractivity contribution in [3.05, 3.63) is 52.8 Å². The van der Waals surface area contributed by atoms with Crippen molar-refractivity contribution in [3.8, 4) is 11.5 Å². The van der Waals surface area contributed by atoms with Crippen molar-refractivity contribution >= 4 is 11.6 Å². The molecule has 3 atom stereocenters. The zero-order valence-electron chi connectivity index (χ0n) is 14.6. The largest absolute Gasteiger partial charge is 0.443 e. The first kappa shape index (κ1) is 16.7. The smallest absolute Gasteiger partial charge is 0.292 e. The van der Waals surface area contributed by atoms with E-state index in [2.05, 4.69) is 29.4 Å². The minimum absolute atomic E-state index is 0.476. The number of ether oxygens (including phenoxy) is 2. The van der Waals surface area contributed by atoms with Gasteiger partial charge in [0.15, 0.2) is 11.5 Å². The molecule has 3 heterocycles. The summed E-state index contributed by atoms with van der Waals surface area (Å²) in [4.78, 5) is 4.39. The van der Waals surface area contributed by atoms with Crippen LogP contribution in [0.5, 0.6) is 11.5 Å². The Morgan fingerprint density at radius 3 is 2.92 bits per heavy atom. The maximum Gasteiger partial charge on any atom is 0.292 e. The van der Waals surface area contributed by atoms with Gasteiger partial charge in [0.05, 0.1) is 5.02 Å². The molecule has 1 N–H and O–H groups in total. The van der Waals surface area contributed by atoms with Crippen LogP contribution in [0.1, 0.15) is 43.9 Å². The first-order valence-corrected chi connectivity index (χ1v) is 9.26. The lowest BCUT2D eigenvalue weighted by Crippen LogP contribution is -2.32. The summed E-state index contributed by atoms with van der Waals surface area (Å²) in [5.74, 6) is 1.86. The van der Waals surface area contributed by atoms with Crippen LogP contribution in [0.2, 0.25) is 5.02 Å². The summed E-state index contributed by atoms with van der Waals surface area (Å²) >= 11 is 5.96. The lowest BCUT2D eigenvalue weighted by molar-refractivity contribution is -0.0721. The summed E-state index contributed by atoms with van der Waals surface area (Å²) in [5, 5.41) is 4.12. The molecule has 2 unspecified atom stereocenters. The number of para-hydroxylation sites is 1. The van der Waals surface area contributed by atoms with Gasteiger partial charge in [0.25, 0.3) is 5.79 Å². The van der Waals surface area contributed by atoms with Gasteiger partial charge in [-0.1, -0.05) is 30.7 Å². The number of fused-ring (bicyclic) bond motifs is 1. The van der Waals surface area contributed by atoms with Crippen molar-refractivity contribution in [1.29, 1.82) is 0 Å². The van der Waals surface area contributed by atoms with Crippen LogP contribution in [0, 0.1) is 5.92 Å². The molecule has 4 nitrogen and oxygen atoms in total. The van der Waals surface area contributed by atoms with E-state index in [-0.39, 0.29) is 0 Å². The van der Waals surface area contributed by atoms with E-state index in [1.165, 1.54) is 5.56 Å². The highest BCUT2D eigenvalue weighted by atomic mass is 35.5. The summed E-state index contributed by atoms with van der Waals surface area (Å²) in [5.41, 5.74) is 1.96. The Labute approximate surface area is 153 Å². The number of nitrogens with zero attached hydrogens (tertiary/aromatic N) is 1. The van der Waals surface area contributed by atoms with E-state index in [0.29, 0.717) is 16.9 Å². The highest BCUT2D eigenvalue weighted by Crippen LogP contribution is 2.49. The Morgan fingerprint density at radius 2 is 2.12 bits per heavy atom. The van der Waals surface area contributed by atoms with Gasteiger partial charge in [0.1, 0.15) is 5.69 Å². The third kappa shape index (κ3) is 3.21. The number of pyridine rings is 1. The van der Waals surface area contributed by atoms with Crippen molar-refractivity contribution in [3.63, 3.8) is 0 Å². The van der Waals surface area contributed by atoms with Gasteiger partial charge in [-0.3, -0.25) is 4.98 Å². The van der Waals surface area contributed by atoms with E-state index in [1.54, 1.807) is 6.20 Å². The normalized spacial score (nSPS) is 28.6. The second-order valence-corrected chi connectivity index (χ2v) is 7.65. The number of benzene rings is 1. The molecule has 1 aromatic carbocycles. The second kappa shape index (κ2) is 6.50. The monoisotopic (exact) mass is 358 g/mol. The predicted molar refractivity (Wildman–Crippen MR) is 98.3 cm³/mol. The Morgan fingerprint density at radius 1 is 1.24 bits per heavy atom. The van der Waals surface area contributed by atoms with Gasteiger partial charge in [-0.15, -0.1) is 0 Å². The van der Waals surface area contributed by atoms with Crippen molar-refractivity contribution in [2.24, 2.45) is 5.92 Å². The van der Waals surface area contributed by atoms with Gasteiger partial charge < -0.3 is 14.8 Å². The maximum atomic E-state index is 6.33. The molecule has 1 aromatic heterocycles. The molecule has 2 aliphatic rings. The Balaban J connectivity index is 1.66. The minimum atomic E-state index is -0.919. The molecule has 132 valence electrons. The summed E-state index contributed by atoms with van der Waals surface area (Å²) in [6.45, 7) is 6.32. The van der Waals surface area contributed by atoms with E-state index < -0.39 is 5.79 Å². The summed E-state index contributed by atoms with van der Waals surface area (Å²) in [7, 11) is 0. The van der Waals surface area contributed by atoms with Crippen molar-refractivity contribution in [2.75, 3.05) is 13.1 Å². The number of nitrogens with one attached hydrogen (secondary N) is 1. The fourth-order valence-electron chi connectivity index (χ4n) is 3.81. The highest BCUT2D eigenvalue weighted by molar-refractivity contribution is 6.30. The summed E-state index contributed by atoms with van der Waals surface area (Å²) in [6.07, 6.45) is 3.89. The average molecular weight is 359 g/mol. The number of aromatic nitrogens is 1. The third-order valence-electron chi connectivity index (χ3n) is 5.09. The van der Waals surface area contributed by atoms with E-state index in [9.17, 15) is 0 Å². The van der Waals surface area contributed by atoms with Gasteiger partial charge in [-0.25, -0.2) is 0 Å². The topological polar surface area (TPSA) is 43.4 Å². The van der Waals surface area contributed by atoms with Crippen LogP contribution in [-0.4, -0.2) is 18.1 Å². The van der Waals surface area contributed by atoms with E-state index >= 15 is 0 Å². The van der Waals surface area contributed by atoms with Crippen LogP contribution in [0.15, 0.2) is 36.5 Å². The molecule has 2 aliphatic heterocycles. The van der Waals surface area contributed by atoms with Crippen LogP contribution < -0.4 is 14.8 Å². The molecule has 1 saturated heterocycles. The van der Waals surface area contributed by atoms with Crippen LogP contribution in [0.3, 0.4) is 0 Å². The molecule has 0 spiro atoms. The molecule has 0 saturated carbocycles. The predicted octanol–water partition coefficient (Wildman–Crippen LogP) is 4.48. The zero-order chi connectivity index (χ0) is 17.4. The Hall–Kier alpha value is -1.78. The second-order valence-electron chi connectivity index (χ2n) is 7.22. The van der Waals surface area contributed by atoms with Gasteiger partial charge in [0.2, 0.25) is 0 Å². The van der Waals surface area contributed by atoms with E-state index in [4.69, 9.17) is 21.1 Å². The summed E-state index contributed by atoms with van der Waals surface area (Å²) < 4.78 is 12.5. The summed E-state index contributed by atoms with van der Waals surface area (Å²) in [6, 6.07) is 9.86. The number of hydrogen-bond acceptors (Lipinski definition) is 4. The lowest BCUT2D eigenvalue weighted by atomic mass is 9.87. The molecular formula is C20H23ClN2O2. The molecule has 0 aliphatic carbocycles. The molecule has 4 rings (SSSR count). The van der Waals surface area contributed by atoms with Crippen molar-refractivity contribution in [1.82, 2.24) is 10.3 Å². The molecular weight excluding hydrogens is 336 g/mol. The van der Waals surface area contributed by atoms with E-state index in [0.717, 1.165) is 43.1 Å². The molecule has 2 aromatic rings. The fraction of sp³-hybridized carbons (Fsp3) is 0.450. The van der Waals surface area contributed by atoms with Crippen LogP contribution in [-0.2, 0) is 5.79 Å². The first-order valence-electron chi connectivity index (χ1n) is 8.89. The fourth-order valence-corrected chi connectivity index (χ4v) is 3.92. The molecule has 0 amide bonds. The average Bonchev–Trinajstić information content (AvgIpc) is 2.80. The van der Waals surface area contributed by atoms with Gasteiger partial charge in [0, 0.05) is 18.7 Å². The standard InChI is InChI=1S/C20H23ClN2O2/c1-13-10-14(8-9-22-11-13)16-4-3-5-17-19(16)25-20(2,24-17)18-7-6-15(21)12-23-18/h3-7,12-14,22H,8-11H2,1-2H3/t13?,14?,20-/m0/s1. The zero-order valence-corrected chi connectivity index (χ0v) is 15.3. The van der Waals surface area contributed by atoms with Crippen molar-refractivity contribution in [2.45, 2.75) is 38.4 Å². The van der Waals surface area contributed by atoms with Gasteiger partial charge >= 0.3 is 0 Å². The van der Waals surface area contributed by atoms with Gasteiger partial charge in [-0.2, -0.15) is 0 Å². The van der Waals surface area contributed by atoms with Crippen LogP contribution >= 0.6 is 11.6 Å². The minimum Gasteiger partial charge on any atom is -0.443 e. The molecule has 25 heavy (non-hydrogen) atoms. The Kier molecular flexibility index (Phi) is 4.34. The Bertz CT molecular complexity index is 765. The quantitative estimate of drug-likeness (QED) is 0.859.